The van der Waals surface area contributed by atoms with Gasteiger partial charge in [-0.2, -0.15) is 5.10 Å². The van der Waals surface area contributed by atoms with Crippen LogP contribution < -0.4 is 0 Å². The highest BCUT2D eigenvalue weighted by atomic mass is 16.2. The van der Waals surface area contributed by atoms with Crippen LogP contribution in [-0.2, 0) is 17.8 Å². The van der Waals surface area contributed by atoms with Crippen LogP contribution in [0.5, 0.6) is 0 Å². The second-order valence-electron chi connectivity index (χ2n) is 10.1. The van der Waals surface area contributed by atoms with Crippen LogP contribution in [0.1, 0.15) is 29.8 Å². The highest BCUT2D eigenvalue weighted by molar-refractivity contribution is 5.78. The van der Waals surface area contributed by atoms with Gasteiger partial charge < -0.3 is 9.80 Å². The number of nitrogens with zero attached hydrogens (tertiary/aromatic N) is 7. The number of likely N-dealkylation sites (tertiary alicyclic amines) is 1. The van der Waals surface area contributed by atoms with Crippen LogP contribution in [0.25, 0.3) is 5.69 Å². The Labute approximate surface area is 197 Å². The van der Waals surface area contributed by atoms with Gasteiger partial charge in [-0.1, -0.05) is 0 Å². The summed E-state index contributed by atoms with van der Waals surface area (Å²) in [5, 5.41) is 4.78. The molecule has 8 heteroatoms. The zero-order valence-corrected chi connectivity index (χ0v) is 20.1. The SMILES string of the molecule is Cc1cc(-n2cc3c(n2)CCN(CC(=O)N2CCN(CC4CCCN(C)C4)CC2)C3)ccn1. The second kappa shape index (κ2) is 9.91. The lowest BCUT2D eigenvalue weighted by Gasteiger charge is -2.39. The molecule has 178 valence electrons. The maximum atomic E-state index is 13.0. The average Bonchev–Trinajstić information content (AvgIpc) is 3.23. The van der Waals surface area contributed by atoms with Crippen LogP contribution in [0.15, 0.2) is 24.5 Å². The molecule has 0 saturated carbocycles. The van der Waals surface area contributed by atoms with Gasteiger partial charge in [-0.3, -0.25) is 19.6 Å². The summed E-state index contributed by atoms with van der Waals surface area (Å²) in [4.78, 5) is 26.7. The summed E-state index contributed by atoms with van der Waals surface area (Å²) in [7, 11) is 2.23. The van der Waals surface area contributed by atoms with Gasteiger partial charge in [0, 0.05) is 82.4 Å². The number of piperazine rings is 1. The summed E-state index contributed by atoms with van der Waals surface area (Å²) in [6, 6.07) is 4.03. The molecule has 2 aromatic rings. The topological polar surface area (TPSA) is 60.7 Å². The van der Waals surface area contributed by atoms with Crippen molar-refractivity contribution < 1.29 is 4.79 Å². The van der Waals surface area contributed by atoms with E-state index in [9.17, 15) is 4.79 Å². The van der Waals surface area contributed by atoms with Crippen molar-refractivity contribution >= 4 is 5.91 Å². The van der Waals surface area contributed by atoms with Crippen molar-refractivity contribution in [2.45, 2.75) is 32.7 Å². The fourth-order valence-corrected chi connectivity index (χ4v) is 5.57. The molecular weight excluding hydrogens is 414 g/mol. The number of piperidine rings is 1. The molecule has 3 aliphatic rings. The molecular formula is C25H37N7O. The maximum Gasteiger partial charge on any atom is 0.236 e. The van der Waals surface area contributed by atoms with Crippen LogP contribution >= 0.6 is 0 Å². The van der Waals surface area contributed by atoms with E-state index in [0.717, 1.165) is 68.7 Å². The minimum Gasteiger partial charge on any atom is -0.339 e. The first-order valence-corrected chi connectivity index (χ1v) is 12.4. The van der Waals surface area contributed by atoms with E-state index in [2.05, 4.69) is 37.8 Å². The lowest BCUT2D eigenvalue weighted by atomic mass is 9.97. The third-order valence-electron chi connectivity index (χ3n) is 7.40. The fraction of sp³-hybridized carbons (Fsp3) is 0.640. The van der Waals surface area contributed by atoms with E-state index >= 15 is 0 Å². The van der Waals surface area contributed by atoms with Gasteiger partial charge >= 0.3 is 0 Å². The van der Waals surface area contributed by atoms with E-state index in [1.54, 1.807) is 0 Å². The van der Waals surface area contributed by atoms with E-state index in [1.807, 2.05) is 29.9 Å². The van der Waals surface area contributed by atoms with Crippen LogP contribution in [0.3, 0.4) is 0 Å². The zero-order valence-electron chi connectivity index (χ0n) is 20.1. The van der Waals surface area contributed by atoms with Crippen molar-refractivity contribution in [2.24, 2.45) is 5.92 Å². The van der Waals surface area contributed by atoms with E-state index < -0.39 is 0 Å². The van der Waals surface area contributed by atoms with Gasteiger partial charge in [-0.05, 0) is 51.4 Å². The fourth-order valence-electron chi connectivity index (χ4n) is 5.57. The number of rotatable bonds is 5. The van der Waals surface area contributed by atoms with Crippen LogP contribution in [-0.4, -0.2) is 106 Å². The lowest BCUT2D eigenvalue weighted by molar-refractivity contribution is -0.134. The Kier molecular flexibility index (Phi) is 6.76. The number of amides is 1. The molecule has 0 N–H and O–H groups in total. The summed E-state index contributed by atoms with van der Waals surface area (Å²) in [6.07, 6.45) is 7.49. The van der Waals surface area contributed by atoms with Crippen molar-refractivity contribution in [1.82, 2.24) is 34.4 Å². The summed E-state index contributed by atoms with van der Waals surface area (Å²) in [5.74, 6) is 1.05. The number of aryl methyl sites for hydroxylation is 1. The van der Waals surface area contributed by atoms with Gasteiger partial charge in [-0.25, -0.2) is 4.68 Å². The highest BCUT2D eigenvalue weighted by Crippen LogP contribution is 2.21. The number of pyridine rings is 1. The number of fused-ring (bicyclic) bond motifs is 1. The third kappa shape index (κ3) is 5.45. The van der Waals surface area contributed by atoms with Gasteiger partial charge in [0.1, 0.15) is 0 Å². The van der Waals surface area contributed by atoms with Crippen LogP contribution in [0.2, 0.25) is 0 Å². The standard InChI is InChI=1S/C25H37N7O/c1-20-14-23(5-7-26-20)32-18-22-17-30(9-6-24(22)27-32)19-25(33)31-12-10-29(11-13-31)16-21-4-3-8-28(2)15-21/h5,7,14,18,21H,3-4,6,8-13,15-17,19H2,1-2H3. The Hall–Kier alpha value is -2.29. The van der Waals surface area contributed by atoms with Crippen molar-refractivity contribution in [1.29, 1.82) is 0 Å². The molecule has 33 heavy (non-hydrogen) atoms. The molecule has 0 aromatic carbocycles. The highest BCUT2D eigenvalue weighted by Gasteiger charge is 2.27. The van der Waals surface area contributed by atoms with Gasteiger partial charge in [0.05, 0.1) is 17.9 Å². The van der Waals surface area contributed by atoms with E-state index in [1.165, 1.54) is 38.0 Å². The van der Waals surface area contributed by atoms with Crippen LogP contribution in [0.4, 0.5) is 0 Å². The normalized spacial score (nSPS) is 23.0. The zero-order chi connectivity index (χ0) is 22.8. The maximum absolute atomic E-state index is 13.0. The number of hydrogen-bond acceptors (Lipinski definition) is 6. The molecule has 1 unspecified atom stereocenters. The monoisotopic (exact) mass is 451 g/mol. The van der Waals surface area contributed by atoms with Gasteiger partial charge in [0.2, 0.25) is 5.91 Å². The Morgan fingerprint density at radius 2 is 1.97 bits per heavy atom. The molecule has 5 rings (SSSR count). The average molecular weight is 452 g/mol. The number of hydrogen-bond donors (Lipinski definition) is 0. The summed E-state index contributed by atoms with van der Waals surface area (Å²) < 4.78 is 1.95. The second-order valence-corrected chi connectivity index (χ2v) is 10.1. The summed E-state index contributed by atoms with van der Waals surface area (Å²) in [5.41, 5.74) is 4.40. The van der Waals surface area contributed by atoms with E-state index in [-0.39, 0.29) is 5.91 Å². The molecule has 0 aliphatic carbocycles. The van der Waals surface area contributed by atoms with Crippen molar-refractivity contribution in [3.63, 3.8) is 0 Å². The summed E-state index contributed by atoms with van der Waals surface area (Å²) >= 11 is 0. The van der Waals surface area contributed by atoms with Crippen molar-refractivity contribution in [3.8, 4) is 5.69 Å². The Morgan fingerprint density at radius 1 is 1.12 bits per heavy atom. The minimum absolute atomic E-state index is 0.271. The predicted molar refractivity (Wildman–Crippen MR) is 128 cm³/mol. The predicted octanol–water partition coefficient (Wildman–Crippen LogP) is 1.42. The molecule has 2 aromatic heterocycles. The minimum atomic E-state index is 0.271. The molecule has 0 radical (unpaired) electrons. The van der Waals surface area contributed by atoms with E-state index in [4.69, 9.17) is 5.10 Å². The molecule has 8 nitrogen and oxygen atoms in total. The third-order valence-corrected chi connectivity index (χ3v) is 7.40. The molecule has 1 atom stereocenters. The molecule has 0 spiro atoms. The molecule has 2 fully saturated rings. The van der Waals surface area contributed by atoms with E-state index in [0.29, 0.717) is 6.54 Å². The first-order chi connectivity index (χ1) is 16.0. The van der Waals surface area contributed by atoms with Crippen molar-refractivity contribution in [3.05, 3.63) is 41.5 Å². The largest absolute Gasteiger partial charge is 0.339 e. The summed E-state index contributed by atoms with van der Waals surface area (Å²) in [6.45, 7) is 11.6. The quantitative estimate of drug-likeness (QED) is 0.685. The molecule has 0 bridgehead atoms. The lowest BCUT2D eigenvalue weighted by Crippen LogP contribution is -2.53. The number of carbonyl (C=O) groups is 1. The van der Waals surface area contributed by atoms with Gasteiger partial charge in [0.25, 0.3) is 0 Å². The molecule has 3 aliphatic heterocycles. The Balaban J connectivity index is 1.11. The number of aromatic nitrogens is 3. The first-order valence-electron chi connectivity index (χ1n) is 12.4. The molecule has 2 saturated heterocycles. The molecule has 5 heterocycles. The van der Waals surface area contributed by atoms with Crippen molar-refractivity contribution in [2.75, 3.05) is 66.0 Å². The smallest absolute Gasteiger partial charge is 0.236 e. The Morgan fingerprint density at radius 3 is 2.76 bits per heavy atom. The molecule has 1 amide bonds. The van der Waals surface area contributed by atoms with Crippen LogP contribution in [0, 0.1) is 12.8 Å². The number of carbonyl (C=O) groups excluding carboxylic acids is 1. The Bertz CT molecular complexity index is 965. The van der Waals surface area contributed by atoms with Gasteiger partial charge in [0.15, 0.2) is 0 Å². The first kappa shape index (κ1) is 22.5. The van der Waals surface area contributed by atoms with Gasteiger partial charge in [-0.15, -0.1) is 0 Å².